The molecular formula is C14H20N2O3. The number of carbonyl (C=O) groups is 1. The van der Waals surface area contributed by atoms with E-state index in [1.807, 2.05) is 30.3 Å². The number of nitrogens with zero attached hydrogens (tertiary/aromatic N) is 1. The Balaban J connectivity index is 2.12. The number of methoxy groups -OCH3 is 1. The van der Waals surface area contributed by atoms with Gasteiger partial charge in [-0.05, 0) is 5.56 Å². The van der Waals surface area contributed by atoms with Crippen LogP contribution in [0.1, 0.15) is 11.7 Å². The minimum atomic E-state index is -0.626. The molecule has 104 valence electrons. The van der Waals surface area contributed by atoms with Crippen LogP contribution in [0.2, 0.25) is 0 Å². The number of nitrogens with one attached hydrogen (secondary N) is 1. The van der Waals surface area contributed by atoms with Crippen LogP contribution in [0.25, 0.3) is 0 Å². The fourth-order valence-corrected chi connectivity index (χ4v) is 2.40. The van der Waals surface area contributed by atoms with E-state index in [0.717, 1.165) is 5.56 Å². The van der Waals surface area contributed by atoms with Gasteiger partial charge in [0.05, 0.1) is 12.1 Å². The van der Waals surface area contributed by atoms with Gasteiger partial charge in [-0.1, -0.05) is 30.3 Å². The number of β-amino-alcohol motifs (C(OH)–C–C–N with tert-alkyl or cyclic N) is 1. The molecule has 1 saturated heterocycles. The second kappa shape index (κ2) is 6.14. The standard InChI is InChI=1S/C14H20N2O3/c1-16(11-8-15-9-12(11)17)14(18)13(19-2)10-6-4-3-5-7-10/h3-7,11-13,15,17H,8-9H2,1-2H3/t11-,12-,13?/m0/s1. The number of hydrogen-bond acceptors (Lipinski definition) is 4. The van der Waals surface area contributed by atoms with Gasteiger partial charge in [0.1, 0.15) is 0 Å². The van der Waals surface area contributed by atoms with Crippen molar-refractivity contribution in [3.8, 4) is 0 Å². The monoisotopic (exact) mass is 264 g/mol. The van der Waals surface area contributed by atoms with Gasteiger partial charge in [0.25, 0.3) is 5.91 Å². The Labute approximate surface area is 113 Å². The van der Waals surface area contributed by atoms with Gasteiger partial charge in [-0.15, -0.1) is 0 Å². The number of likely N-dealkylation sites (N-methyl/N-ethyl adjacent to an activating group) is 1. The van der Waals surface area contributed by atoms with E-state index in [2.05, 4.69) is 5.32 Å². The molecule has 1 aromatic carbocycles. The first-order valence-corrected chi connectivity index (χ1v) is 6.38. The lowest BCUT2D eigenvalue weighted by Crippen LogP contribution is -2.46. The summed E-state index contributed by atoms with van der Waals surface area (Å²) in [6.07, 6.45) is -1.15. The molecule has 0 spiro atoms. The third-order valence-corrected chi connectivity index (χ3v) is 3.56. The first kappa shape index (κ1) is 14.0. The Hall–Kier alpha value is -1.43. The SMILES string of the molecule is COC(C(=O)N(C)[C@H]1CNC[C@@H]1O)c1ccccc1. The molecule has 0 aliphatic carbocycles. The van der Waals surface area contributed by atoms with E-state index in [1.165, 1.54) is 7.11 Å². The predicted molar refractivity (Wildman–Crippen MR) is 71.6 cm³/mol. The van der Waals surface area contributed by atoms with Gasteiger partial charge in [-0.25, -0.2) is 0 Å². The topological polar surface area (TPSA) is 61.8 Å². The van der Waals surface area contributed by atoms with Crippen LogP contribution in [0.3, 0.4) is 0 Å². The van der Waals surface area contributed by atoms with Gasteiger partial charge in [0.2, 0.25) is 0 Å². The lowest BCUT2D eigenvalue weighted by molar-refractivity contribution is -0.144. The van der Waals surface area contributed by atoms with E-state index in [-0.39, 0.29) is 11.9 Å². The second-order valence-electron chi connectivity index (χ2n) is 4.77. The molecule has 1 aliphatic rings. The summed E-state index contributed by atoms with van der Waals surface area (Å²) in [7, 11) is 3.23. The van der Waals surface area contributed by atoms with E-state index < -0.39 is 12.2 Å². The normalized spacial score (nSPS) is 24.2. The van der Waals surface area contributed by atoms with Gasteiger partial charge in [-0.3, -0.25) is 4.79 Å². The molecule has 1 fully saturated rings. The van der Waals surface area contributed by atoms with Crippen molar-refractivity contribution in [2.24, 2.45) is 0 Å². The molecule has 1 aromatic rings. The average molecular weight is 264 g/mol. The first-order valence-electron chi connectivity index (χ1n) is 6.38. The molecule has 5 heteroatoms. The van der Waals surface area contributed by atoms with Crippen LogP contribution in [-0.2, 0) is 9.53 Å². The van der Waals surface area contributed by atoms with Crippen molar-refractivity contribution in [2.75, 3.05) is 27.2 Å². The minimum Gasteiger partial charge on any atom is -0.390 e. The molecule has 1 amide bonds. The van der Waals surface area contributed by atoms with Crippen LogP contribution < -0.4 is 5.32 Å². The molecule has 1 aliphatic heterocycles. The molecule has 0 aromatic heterocycles. The number of aliphatic hydroxyl groups excluding tert-OH is 1. The van der Waals surface area contributed by atoms with Crippen LogP contribution in [0.15, 0.2) is 30.3 Å². The Morgan fingerprint density at radius 3 is 2.63 bits per heavy atom. The fraction of sp³-hybridized carbons (Fsp3) is 0.500. The number of amides is 1. The largest absolute Gasteiger partial charge is 0.390 e. The highest BCUT2D eigenvalue weighted by atomic mass is 16.5. The zero-order valence-electron chi connectivity index (χ0n) is 11.2. The summed E-state index contributed by atoms with van der Waals surface area (Å²) >= 11 is 0. The van der Waals surface area contributed by atoms with Crippen LogP contribution in [-0.4, -0.2) is 55.3 Å². The summed E-state index contributed by atoms with van der Waals surface area (Å²) in [6, 6.07) is 9.18. The number of benzene rings is 1. The van der Waals surface area contributed by atoms with Gasteiger partial charge < -0.3 is 20.1 Å². The minimum absolute atomic E-state index is 0.138. The molecule has 2 N–H and O–H groups in total. The van der Waals surface area contributed by atoms with Gasteiger partial charge in [-0.2, -0.15) is 0 Å². The molecule has 0 saturated carbocycles. The number of hydrogen-bond donors (Lipinski definition) is 2. The van der Waals surface area contributed by atoms with E-state index in [1.54, 1.807) is 11.9 Å². The Morgan fingerprint density at radius 1 is 1.42 bits per heavy atom. The van der Waals surface area contributed by atoms with E-state index in [9.17, 15) is 9.90 Å². The van der Waals surface area contributed by atoms with Crippen LogP contribution in [0.5, 0.6) is 0 Å². The summed E-state index contributed by atoms with van der Waals surface area (Å²) in [4.78, 5) is 14.0. The molecule has 2 rings (SSSR count). The van der Waals surface area contributed by atoms with Crippen molar-refractivity contribution in [3.63, 3.8) is 0 Å². The summed E-state index contributed by atoms with van der Waals surface area (Å²) in [6.45, 7) is 1.12. The number of ether oxygens (including phenoxy) is 1. The molecule has 1 unspecified atom stereocenters. The van der Waals surface area contributed by atoms with E-state index >= 15 is 0 Å². The maximum atomic E-state index is 12.5. The zero-order valence-corrected chi connectivity index (χ0v) is 11.2. The van der Waals surface area contributed by atoms with Crippen LogP contribution in [0.4, 0.5) is 0 Å². The Kier molecular flexibility index (Phi) is 4.52. The summed E-state index contributed by atoms with van der Waals surface area (Å²) < 4.78 is 5.32. The molecule has 5 nitrogen and oxygen atoms in total. The zero-order chi connectivity index (χ0) is 13.8. The molecule has 19 heavy (non-hydrogen) atoms. The van der Waals surface area contributed by atoms with Gasteiger partial charge in [0.15, 0.2) is 6.10 Å². The summed E-state index contributed by atoms with van der Waals surface area (Å²) in [5.74, 6) is -0.138. The maximum absolute atomic E-state index is 12.5. The summed E-state index contributed by atoms with van der Waals surface area (Å²) in [5, 5.41) is 12.9. The quantitative estimate of drug-likeness (QED) is 0.813. The Morgan fingerprint density at radius 2 is 2.11 bits per heavy atom. The smallest absolute Gasteiger partial charge is 0.256 e. The van der Waals surface area contributed by atoms with Crippen molar-refractivity contribution in [3.05, 3.63) is 35.9 Å². The van der Waals surface area contributed by atoms with Gasteiger partial charge in [0, 0.05) is 27.2 Å². The fourth-order valence-electron chi connectivity index (χ4n) is 2.40. The first-order chi connectivity index (χ1) is 9.15. The number of aliphatic hydroxyl groups is 1. The highest BCUT2D eigenvalue weighted by Crippen LogP contribution is 2.21. The third-order valence-electron chi connectivity index (χ3n) is 3.56. The lowest BCUT2D eigenvalue weighted by atomic mass is 10.1. The third kappa shape index (κ3) is 2.94. The summed E-state index contributed by atoms with van der Waals surface area (Å²) in [5.41, 5.74) is 0.822. The van der Waals surface area contributed by atoms with E-state index in [0.29, 0.717) is 13.1 Å². The Bertz CT molecular complexity index is 424. The highest BCUT2D eigenvalue weighted by molar-refractivity contribution is 5.82. The maximum Gasteiger partial charge on any atom is 0.256 e. The van der Waals surface area contributed by atoms with Crippen molar-refractivity contribution in [2.45, 2.75) is 18.2 Å². The van der Waals surface area contributed by atoms with Crippen molar-refractivity contribution < 1.29 is 14.6 Å². The van der Waals surface area contributed by atoms with Crippen LogP contribution in [0, 0.1) is 0 Å². The lowest BCUT2D eigenvalue weighted by Gasteiger charge is -2.29. The highest BCUT2D eigenvalue weighted by Gasteiger charge is 2.34. The van der Waals surface area contributed by atoms with E-state index in [4.69, 9.17) is 4.74 Å². The number of carbonyl (C=O) groups excluding carboxylic acids is 1. The average Bonchev–Trinajstić information content (AvgIpc) is 2.86. The van der Waals surface area contributed by atoms with Crippen molar-refractivity contribution in [1.29, 1.82) is 0 Å². The second-order valence-corrected chi connectivity index (χ2v) is 4.77. The van der Waals surface area contributed by atoms with Crippen LogP contribution >= 0.6 is 0 Å². The molecule has 0 radical (unpaired) electrons. The van der Waals surface area contributed by atoms with Crippen molar-refractivity contribution in [1.82, 2.24) is 10.2 Å². The molecule has 3 atom stereocenters. The predicted octanol–water partition coefficient (Wildman–Crippen LogP) is 0.165. The van der Waals surface area contributed by atoms with Gasteiger partial charge >= 0.3 is 0 Å². The molecule has 1 heterocycles. The number of rotatable bonds is 4. The molecular weight excluding hydrogens is 244 g/mol. The van der Waals surface area contributed by atoms with Crippen molar-refractivity contribution >= 4 is 5.91 Å². The molecule has 0 bridgehead atoms.